The molecule has 4 rings (SSSR count). The zero-order chi connectivity index (χ0) is 21.3. The first-order valence-electron chi connectivity index (χ1n) is 10.3. The summed E-state index contributed by atoms with van der Waals surface area (Å²) in [6.07, 6.45) is 3.01. The first kappa shape index (κ1) is 20.2. The van der Waals surface area contributed by atoms with E-state index in [2.05, 4.69) is 78.1 Å². The van der Waals surface area contributed by atoms with Crippen LogP contribution in [0.2, 0.25) is 0 Å². The summed E-state index contributed by atoms with van der Waals surface area (Å²) >= 11 is 0. The Bertz CT molecular complexity index is 1060. The monoisotopic (exact) mass is 404 g/mol. The lowest BCUT2D eigenvalue weighted by molar-refractivity contribution is -0.120. The van der Waals surface area contributed by atoms with E-state index < -0.39 is 12.1 Å². The van der Waals surface area contributed by atoms with Gasteiger partial charge in [-0.1, -0.05) is 43.3 Å². The maximum Gasteiger partial charge on any atom is 0.322 e. The Morgan fingerprint density at radius 1 is 1.03 bits per heavy atom. The van der Waals surface area contributed by atoms with Crippen LogP contribution >= 0.6 is 0 Å². The molecule has 2 heterocycles. The van der Waals surface area contributed by atoms with E-state index in [0.29, 0.717) is 0 Å². The van der Waals surface area contributed by atoms with Crippen LogP contribution in [0.1, 0.15) is 35.4 Å². The first-order valence-corrected chi connectivity index (χ1v) is 10.3. The molecule has 3 N–H and O–H groups in total. The highest BCUT2D eigenvalue weighted by Crippen LogP contribution is 2.38. The summed E-state index contributed by atoms with van der Waals surface area (Å²) in [6.45, 7) is 3.08. The lowest BCUT2D eigenvalue weighted by Crippen LogP contribution is -2.38. The molecule has 1 saturated heterocycles. The fourth-order valence-corrected chi connectivity index (χ4v) is 4.37. The molecule has 0 spiro atoms. The number of nitrogens with one attached hydrogen (secondary N) is 3. The molecule has 1 fully saturated rings. The Kier molecular flexibility index (Phi) is 5.59. The number of urea groups is 1. The number of hydrogen-bond donors (Lipinski definition) is 3. The Labute approximate surface area is 176 Å². The molecule has 3 atom stereocenters. The minimum absolute atomic E-state index is 0.0435. The van der Waals surface area contributed by atoms with E-state index in [-0.39, 0.29) is 17.7 Å². The molecule has 0 bridgehead atoms. The summed E-state index contributed by atoms with van der Waals surface area (Å²) in [5.74, 6) is -0.406. The zero-order valence-electron chi connectivity index (χ0n) is 17.6. The summed E-state index contributed by atoms with van der Waals surface area (Å²) in [5.41, 5.74) is 4.52. The van der Waals surface area contributed by atoms with Gasteiger partial charge >= 0.3 is 6.03 Å². The standard InChI is InChI=1S/C24H28N4O2/c1-15(16-7-5-4-6-8-16)21(22-23(29)27-24(30)26-22)17-9-10-20-19(13-17)18(14-25-20)11-12-28(2)3/h4-10,13-15,21-22,25H,11-12H2,1-3H3,(H2,26,27,29,30). The Morgan fingerprint density at radius 2 is 1.80 bits per heavy atom. The molecule has 0 aliphatic carbocycles. The van der Waals surface area contributed by atoms with Crippen molar-refractivity contribution in [2.45, 2.75) is 31.2 Å². The van der Waals surface area contributed by atoms with Gasteiger partial charge in [-0.25, -0.2) is 4.79 Å². The number of aromatic amines is 1. The van der Waals surface area contributed by atoms with Crippen molar-refractivity contribution in [3.63, 3.8) is 0 Å². The second-order valence-corrected chi connectivity index (χ2v) is 8.34. The Hall–Kier alpha value is -3.12. The number of amides is 3. The van der Waals surface area contributed by atoms with E-state index in [9.17, 15) is 9.59 Å². The molecule has 0 saturated carbocycles. The van der Waals surface area contributed by atoms with Gasteiger partial charge in [-0.3, -0.25) is 10.1 Å². The van der Waals surface area contributed by atoms with E-state index in [1.54, 1.807) is 0 Å². The SMILES string of the molecule is CC(c1ccccc1)C(c1ccc2[nH]cc(CCN(C)C)c2c1)C1NC(=O)NC1=O. The van der Waals surface area contributed by atoms with Crippen molar-refractivity contribution in [3.8, 4) is 0 Å². The predicted octanol–water partition coefficient (Wildman–Crippen LogP) is 3.37. The van der Waals surface area contributed by atoms with Gasteiger partial charge in [0.25, 0.3) is 5.91 Å². The molecule has 0 radical (unpaired) electrons. The van der Waals surface area contributed by atoms with Crippen LogP contribution in [-0.4, -0.2) is 48.5 Å². The molecule has 1 aliphatic heterocycles. The number of nitrogens with zero attached hydrogens (tertiary/aromatic N) is 1. The van der Waals surface area contributed by atoms with Gasteiger partial charge in [0, 0.05) is 29.6 Å². The number of carbonyl (C=O) groups excluding carboxylic acids is 2. The molecule has 3 unspecified atom stereocenters. The molecule has 3 amide bonds. The van der Waals surface area contributed by atoms with Crippen LogP contribution in [0.5, 0.6) is 0 Å². The molecule has 2 aromatic carbocycles. The summed E-state index contributed by atoms with van der Waals surface area (Å²) in [6, 6.07) is 15.4. The summed E-state index contributed by atoms with van der Waals surface area (Å²) < 4.78 is 0. The molecule has 156 valence electrons. The van der Waals surface area contributed by atoms with Crippen molar-refractivity contribution in [1.82, 2.24) is 20.5 Å². The van der Waals surface area contributed by atoms with Crippen LogP contribution < -0.4 is 10.6 Å². The number of H-pyrrole nitrogens is 1. The average molecular weight is 405 g/mol. The second-order valence-electron chi connectivity index (χ2n) is 8.34. The van der Waals surface area contributed by atoms with Crippen molar-refractivity contribution in [2.24, 2.45) is 0 Å². The minimum atomic E-state index is -0.602. The van der Waals surface area contributed by atoms with Gasteiger partial charge in [0.15, 0.2) is 0 Å². The predicted molar refractivity (Wildman–Crippen MR) is 119 cm³/mol. The van der Waals surface area contributed by atoms with Gasteiger partial charge in [0.05, 0.1) is 0 Å². The Balaban J connectivity index is 1.76. The third-order valence-electron chi connectivity index (χ3n) is 6.03. The molecule has 6 heteroatoms. The molecular weight excluding hydrogens is 376 g/mol. The fourth-order valence-electron chi connectivity index (χ4n) is 4.37. The lowest BCUT2D eigenvalue weighted by Gasteiger charge is -2.29. The molecule has 6 nitrogen and oxygen atoms in total. The Morgan fingerprint density at radius 3 is 2.47 bits per heavy atom. The fraction of sp³-hybridized carbons (Fsp3) is 0.333. The highest BCUT2D eigenvalue weighted by Gasteiger charge is 2.40. The summed E-state index contributed by atoms with van der Waals surface area (Å²) in [4.78, 5) is 30.0. The summed E-state index contributed by atoms with van der Waals surface area (Å²) in [7, 11) is 4.14. The van der Waals surface area contributed by atoms with E-state index >= 15 is 0 Å². The van der Waals surface area contributed by atoms with Gasteiger partial charge in [-0.2, -0.15) is 0 Å². The molecule has 1 aliphatic rings. The van der Waals surface area contributed by atoms with Gasteiger partial charge < -0.3 is 15.2 Å². The van der Waals surface area contributed by atoms with Crippen molar-refractivity contribution in [3.05, 3.63) is 71.4 Å². The minimum Gasteiger partial charge on any atom is -0.361 e. The number of benzene rings is 2. The molecular formula is C24H28N4O2. The second kappa shape index (κ2) is 8.32. The van der Waals surface area contributed by atoms with Crippen LogP contribution in [0, 0.1) is 0 Å². The van der Waals surface area contributed by atoms with E-state index in [4.69, 9.17) is 0 Å². The molecule has 3 aromatic rings. The quantitative estimate of drug-likeness (QED) is 0.529. The van der Waals surface area contributed by atoms with Crippen molar-refractivity contribution in [2.75, 3.05) is 20.6 Å². The largest absolute Gasteiger partial charge is 0.361 e. The third-order valence-corrected chi connectivity index (χ3v) is 6.03. The van der Waals surface area contributed by atoms with Gasteiger partial charge in [-0.05, 0) is 55.3 Å². The van der Waals surface area contributed by atoms with Crippen LogP contribution in [0.4, 0.5) is 4.79 Å². The van der Waals surface area contributed by atoms with Gasteiger partial charge in [-0.15, -0.1) is 0 Å². The van der Waals surface area contributed by atoms with Gasteiger partial charge in [0.2, 0.25) is 0 Å². The van der Waals surface area contributed by atoms with Crippen molar-refractivity contribution >= 4 is 22.8 Å². The molecule has 30 heavy (non-hydrogen) atoms. The van der Waals surface area contributed by atoms with Crippen molar-refractivity contribution < 1.29 is 9.59 Å². The third kappa shape index (κ3) is 3.96. The smallest absolute Gasteiger partial charge is 0.322 e. The number of imide groups is 1. The van der Waals surface area contributed by atoms with Crippen LogP contribution in [0.15, 0.2) is 54.7 Å². The van der Waals surface area contributed by atoms with Crippen molar-refractivity contribution in [1.29, 1.82) is 0 Å². The van der Waals surface area contributed by atoms with Crippen LogP contribution in [0.3, 0.4) is 0 Å². The highest BCUT2D eigenvalue weighted by molar-refractivity contribution is 6.04. The zero-order valence-corrected chi connectivity index (χ0v) is 17.6. The molecule has 1 aromatic heterocycles. The normalized spacial score (nSPS) is 18.5. The number of rotatable bonds is 7. The lowest BCUT2D eigenvalue weighted by atomic mass is 9.77. The number of fused-ring (bicyclic) bond motifs is 1. The van der Waals surface area contributed by atoms with E-state index in [1.807, 2.05) is 18.2 Å². The first-order chi connectivity index (χ1) is 14.4. The highest BCUT2D eigenvalue weighted by atomic mass is 16.2. The van der Waals surface area contributed by atoms with E-state index in [0.717, 1.165) is 29.6 Å². The van der Waals surface area contributed by atoms with Crippen LogP contribution in [0.25, 0.3) is 10.9 Å². The van der Waals surface area contributed by atoms with Gasteiger partial charge in [0.1, 0.15) is 6.04 Å². The topological polar surface area (TPSA) is 77.2 Å². The van der Waals surface area contributed by atoms with Crippen LogP contribution in [-0.2, 0) is 11.2 Å². The maximum absolute atomic E-state index is 12.6. The van der Waals surface area contributed by atoms with E-state index in [1.165, 1.54) is 10.9 Å². The summed E-state index contributed by atoms with van der Waals surface area (Å²) in [5, 5.41) is 6.41. The maximum atomic E-state index is 12.6. The number of hydrogen-bond acceptors (Lipinski definition) is 3. The number of likely N-dealkylation sites (N-methyl/N-ethyl adjacent to an activating group) is 1. The number of carbonyl (C=O) groups is 2. The number of aromatic nitrogens is 1. The average Bonchev–Trinajstić information content (AvgIpc) is 3.29.